The number of hydrogen-bond donors (Lipinski definition) is 2. The summed E-state index contributed by atoms with van der Waals surface area (Å²) >= 11 is 0. The van der Waals surface area contributed by atoms with Gasteiger partial charge in [0.05, 0.1) is 5.54 Å². The first-order valence-electron chi connectivity index (χ1n) is 6.61. The molecule has 0 aromatic heterocycles. The number of carbonyl (C=O) groups is 2. The Labute approximate surface area is 116 Å². The Morgan fingerprint density at radius 3 is 2.80 bits per heavy atom. The van der Waals surface area contributed by atoms with Crippen molar-refractivity contribution in [3.8, 4) is 0 Å². The minimum atomic E-state index is -0.539. The van der Waals surface area contributed by atoms with Crippen LogP contribution in [0, 0.1) is 5.82 Å². The lowest BCUT2D eigenvalue weighted by molar-refractivity contribution is -0.115. The summed E-state index contributed by atoms with van der Waals surface area (Å²) in [6.07, 6.45) is 2.53. The molecule has 0 bridgehead atoms. The van der Waals surface area contributed by atoms with Gasteiger partial charge in [-0.05, 0) is 43.5 Å². The lowest BCUT2D eigenvalue weighted by Gasteiger charge is -2.22. The summed E-state index contributed by atoms with van der Waals surface area (Å²) < 4.78 is 13.3. The molecule has 1 saturated carbocycles. The normalized spacial score (nSPS) is 15.5. The van der Waals surface area contributed by atoms with Crippen molar-refractivity contribution in [2.24, 2.45) is 5.73 Å². The second-order valence-electron chi connectivity index (χ2n) is 4.96. The number of halogens is 1. The number of nitrogens with zero attached hydrogens (tertiary/aromatic N) is 1. The maximum absolute atomic E-state index is 13.3. The van der Waals surface area contributed by atoms with Crippen LogP contribution in [-0.2, 0) is 10.3 Å². The average molecular weight is 279 g/mol. The zero-order valence-corrected chi connectivity index (χ0v) is 11.1. The van der Waals surface area contributed by atoms with E-state index in [-0.39, 0.29) is 12.4 Å². The summed E-state index contributed by atoms with van der Waals surface area (Å²) in [6, 6.07) is 5.71. The van der Waals surface area contributed by atoms with E-state index in [1.165, 1.54) is 12.1 Å². The molecule has 5 nitrogen and oxygen atoms in total. The van der Waals surface area contributed by atoms with Crippen LogP contribution in [0.2, 0.25) is 0 Å². The number of nitrogens with two attached hydrogens (primary N) is 1. The van der Waals surface area contributed by atoms with Crippen molar-refractivity contribution in [1.82, 2.24) is 10.2 Å². The lowest BCUT2D eigenvalue weighted by Crippen LogP contribution is -2.45. The zero-order chi connectivity index (χ0) is 14.6. The largest absolute Gasteiger partial charge is 0.330 e. The van der Waals surface area contributed by atoms with E-state index in [2.05, 4.69) is 5.32 Å². The van der Waals surface area contributed by atoms with Crippen LogP contribution in [-0.4, -0.2) is 30.4 Å². The molecule has 1 aliphatic carbocycles. The van der Waals surface area contributed by atoms with E-state index in [0.29, 0.717) is 19.4 Å². The van der Waals surface area contributed by atoms with Gasteiger partial charge in [-0.3, -0.25) is 9.69 Å². The molecular formula is C14H18FN3O2. The molecule has 0 atom stereocenters. The van der Waals surface area contributed by atoms with Crippen molar-refractivity contribution in [1.29, 1.82) is 0 Å². The zero-order valence-electron chi connectivity index (χ0n) is 11.1. The molecule has 3 amide bonds. The van der Waals surface area contributed by atoms with Crippen molar-refractivity contribution in [2.75, 3.05) is 13.1 Å². The molecule has 1 aromatic carbocycles. The minimum absolute atomic E-state index is 0.283. The number of carbonyl (C=O) groups excluding carboxylic acids is 2. The highest BCUT2D eigenvalue weighted by molar-refractivity contribution is 5.85. The van der Waals surface area contributed by atoms with E-state index in [1.54, 1.807) is 12.1 Å². The lowest BCUT2D eigenvalue weighted by atomic mass is 10.1. The smallest absolute Gasteiger partial charge is 0.324 e. The van der Waals surface area contributed by atoms with Crippen LogP contribution in [0.1, 0.15) is 24.8 Å². The van der Waals surface area contributed by atoms with Gasteiger partial charge in [-0.25, -0.2) is 9.18 Å². The van der Waals surface area contributed by atoms with E-state index in [0.717, 1.165) is 23.3 Å². The molecule has 0 heterocycles. The van der Waals surface area contributed by atoms with Crippen LogP contribution in [0.15, 0.2) is 24.3 Å². The molecule has 1 fully saturated rings. The van der Waals surface area contributed by atoms with Gasteiger partial charge in [-0.15, -0.1) is 0 Å². The Morgan fingerprint density at radius 2 is 2.25 bits per heavy atom. The maximum atomic E-state index is 13.3. The van der Waals surface area contributed by atoms with Gasteiger partial charge in [0.25, 0.3) is 0 Å². The van der Waals surface area contributed by atoms with Gasteiger partial charge >= 0.3 is 6.03 Å². The van der Waals surface area contributed by atoms with E-state index in [9.17, 15) is 14.0 Å². The number of benzene rings is 1. The van der Waals surface area contributed by atoms with E-state index < -0.39 is 11.6 Å². The predicted octanol–water partition coefficient (Wildman–Crippen LogP) is 1.33. The molecule has 0 aliphatic heterocycles. The Balaban J connectivity index is 2.05. The first-order chi connectivity index (χ1) is 9.61. The van der Waals surface area contributed by atoms with Crippen molar-refractivity contribution in [3.05, 3.63) is 35.6 Å². The van der Waals surface area contributed by atoms with E-state index in [1.807, 2.05) is 0 Å². The van der Waals surface area contributed by atoms with Crippen LogP contribution in [0.25, 0.3) is 0 Å². The molecule has 108 valence electrons. The Hall–Kier alpha value is -1.95. The summed E-state index contributed by atoms with van der Waals surface area (Å²) in [6.45, 7) is 0.692. The number of rotatable bonds is 6. The Morgan fingerprint density at radius 1 is 1.50 bits per heavy atom. The number of hydrogen-bond acceptors (Lipinski definition) is 3. The summed E-state index contributed by atoms with van der Waals surface area (Å²) in [5, 5.41) is 2.82. The Kier molecular flexibility index (Phi) is 4.34. The second-order valence-corrected chi connectivity index (χ2v) is 4.96. The van der Waals surface area contributed by atoms with E-state index in [4.69, 9.17) is 5.73 Å². The highest BCUT2D eigenvalue weighted by Gasteiger charge is 2.46. The molecular weight excluding hydrogens is 261 g/mol. The fourth-order valence-corrected chi connectivity index (χ4v) is 2.14. The molecule has 1 aliphatic rings. The summed E-state index contributed by atoms with van der Waals surface area (Å²) in [5.74, 6) is -0.335. The molecule has 1 aromatic rings. The van der Waals surface area contributed by atoms with Gasteiger partial charge in [0.1, 0.15) is 5.82 Å². The molecule has 6 heteroatoms. The maximum Gasteiger partial charge on any atom is 0.324 e. The van der Waals surface area contributed by atoms with Gasteiger partial charge in [0.15, 0.2) is 0 Å². The van der Waals surface area contributed by atoms with Crippen molar-refractivity contribution >= 4 is 12.4 Å². The highest BCUT2D eigenvalue weighted by atomic mass is 19.1. The van der Waals surface area contributed by atoms with Gasteiger partial charge < -0.3 is 11.1 Å². The third-order valence-electron chi connectivity index (χ3n) is 3.46. The second kappa shape index (κ2) is 6.00. The van der Waals surface area contributed by atoms with E-state index >= 15 is 0 Å². The quantitative estimate of drug-likeness (QED) is 0.771. The average Bonchev–Trinajstić information content (AvgIpc) is 3.20. The summed E-state index contributed by atoms with van der Waals surface area (Å²) in [7, 11) is 0. The molecule has 2 rings (SSSR count). The molecule has 20 heavy (non-hydrogen) atoms. The molecule has 0 spiro atoms. The number of nitrogens with one attached hydrogen (secondary N) is 1. The first kappa shape index (κ1) is 14.5. The monoisotopic (exact) mass is 279 g/mol. The van der Waals surface area contributed by atoms with Gasteiger partial charge in [-0.1, -0.05) is 12.1 Å². The topological polar surface area (TPSA) is 75.4 Å². The van der Waals surface area contributed by atoms with Gasteiger partial charge in [0, 0.05) is 6.54 Å². The van der Waals surface area contributed by atoms with Gasteiger partial charge in [-0.2, -0.15) is 0 Å². The third kappa shape index (κ3) is 3.14. The highest BCUT2D eigenvalue weighted by Crippen LogP contribution is 2.45. The van der Waals surface area contributed by atoms with Crippen LogP contribution in [0.3, 0.4) is 0 Å². The van der Waals surface area contributed by atoms with Crippen LogP contribution in [0.5, 0.6) is 0 Å². The van der Waals surface area contributed by atoms with Crippen molar-refractivity contribution in [2.45, 2.75) is 24.8 Å². The SMILES string of the molecule is NCCCN(C=O)C(=O)NC1(c2cccc(F)c2)CC1. The van der Waals surface area contributed by atoms with Crippen molar-refractivity contribution < 1.29 is 14.0 Å². The number of imide groups is 1. The molecule has 3 N–H and O–H groups in total. The third-order valence-corrected chi connectivity index (χ3v) is 3.46. The van der Waals surface area contributed by atoms with Crippen molar-refractivity contribution in [3.63, 3.8) is 0 Å². The van der Waals surface area contributed by atoms with Gasteiger partial charge in [0.2, 0.25) is 6.41 Å². The summed E-state index contributed by atoms with van der Waals surface area (Å²) in [4.78, 5) is 24.0. The molecule has 0 radical (unpaired) electrons. The molecule has 0 unspecified atom stereocenters. The predicted molar refractivity (Wildman–Crippen MR) is 72.3 cm³/mol. The Bertz CT molecular complexity index is 503. The molecule has 0 saturated heterocycles. The number of amides is 3. The fourth-order valence-electron chi connectivity index (χ4n) is 2.14. The fraction of sp³-hybridized carbons (Fsp3) is 0.429. The van der Waals surface area contributed by atoms with Crippen LogP contribution in [0.4, 0.5) is 9.18 Å². The van der Waals surface area contributed by atoms with Crippen LogP contribution >= 0.6 is 0 Å². The summed E-state index contributed by atoms with van der Waals surface area (Å²) in [5.41, 5.74) is 5.56. The standard InChI is InChI=1S/C14H18FN3O2/c15-12-4-1-3-11(9-12)14(5-6-14)17-13(20)18(10-19)8-2-7-16/h1,3-4,9-10H,2,5-8,16H2,(H,17,20). The first-order valence-corrected chi connectivity index (χ1v) is 6.61. The number of urea groups is 1. The minimum Gasteiger partial charge on any atom is -0.330 e. The van der Waals surface area contributed by atoms with Crippen LogP contribution < -0.4 is 11.1 Å².